The lowest BCUT2D eigenvalue weighted by molar-refractivity contribution is -0.206. The summed E-state index contributed by atoms with van der Waals surface area (Å²) in [5.74, 6) is -1.57. The summed E-state index contributed by atoms with van der Waals surface area (Å²) in [5.41, 5.74) is 0. The molecular formula is C6H11IO4. The van der Waals surface area contributed by atoms with Crippen LogP contribution in [-0.4, -0.2) is 43.8 Å². The van der Waals surface area contributed by atoms with Crippen LogP contribution < -0.4 is 0 Å². The van der Waals surface area contributed by atoms with Crippen molar-refractivity contribution in [3.8, 4) is 0 Å². The van der Waals surface area contributed by atoms with Gasteiger partial charge < -0.3 is 20.1 Å². The molecule has 1 rings (SSSR count). The monoisotopic (exact) mass is 274 g/mol. The highest BCUT2D eigenvalue weighted by atomic mass is 127. The first-order chi connectivity index (χ1) is 5.01. The molecule has 0 aliphatic carbocycles. The van der Waals surface area contributed by atoms with E-state index in [1.165, 1.54) is 0 Å². The summed E-state index contributed by atoms with van der Waals surface area (Å²) in [4.78, 5) is 0. The van der Waals surface area contributed by atoms with Crippen molar-refractivity contribution < 1.29 is 20.1 Å². The molecule has 4 nitrogen and oxygen atoms in total. The van der Waals surface area contributed by atoms with Gasteiger partial charge in [0.25, 0.3) is 0 Å². The van der Waals surface area contributed by atoms with Gasteiger partial charge in [0.05, 0.1) is 10.5 Å². The smallest absolute Gasteiger partial charge is 0.204 e. The van der Waals surface area contributed by atoms with Crippen molar-refractivity contribution in [2.75, 3.05) is 4.43 Å². The van der Waals surface area contributed by atoms with E-state index in [4.69, 9.17) is 4.74 Å². The molecule has 1 heterocycles. The summed E-state index contributed by atoms with van der Waals surface area (Å²) in [6, 6.07) is 0. The minimum atomic E-state index is -1.57. The lowest BCUT2D eigenvalue weighted by atomic mass is 10.1. The van der Waals surface area contributed by atoms with Gasteiger partial charge in [-0.3, -0.25) is 0 Å². The normalized spacial score (nSPS) is 51.5. The Morgan fingerprint density at radius 2 is 2.09 bits per heavy atom. The predicted molar refractivity (Wildman–Crippen MR) is 46.4 cm³/mol. The fourth-order valence-corrected chi connectivity index (χ4v) is 1.73. The Labute approximate surface area is 78.3 Å². The van der Waals surface area contributed by atoms with Crippen LogP contribution in [-0.2, 0) is 4.74 Å². The van der Waals surface area contributed by atoms with E-state index >= 15 is 0 Å². The molecule has 0 aromatic heterocycles. The van der Waals surface area contributed by atoms with Crippen LogP contribution in [0, 0.1) is 0 Å². The van der Waals surface area contributed by atoms with E-state index in [2.05, 4.69) is 0 Å². The van der Waals surface area contributed by atoms with Crippen LogP contribution in [0.4, 0.5) is 0 Å². The molecule has 0 bridgehead atoms. The molecule has 3 N–H and O–H groups in total. The van der Waals surface area contributed by atoms with Gasteiger partial charge in [-0.25, -0.2) is 0 Å². The van der Waals surface area contributed by atoms with Crippen molar-refractivity contribution in [2.24, 2.45) is 0 Å². The average molecular weight is 274 g/mol. The third-order valence-corrected chi connectivity index (χ3v) is 2.94. The highest BCUT2D eigenvalue weighted by Crippen LogP contribution is 2.30. The Kier molecular flexibility index (Phi) is 2.75. The molecule has 66 valence electrons. The van der Waals surface area contributed by atoms with Crippen molar-refractivity contribution in [2.45, 2.75) is 31.0 Å². The number of rotatable bonds is 1. The Morgan fingerprint density at radius 3 is 2.27 bits per heavy atom. The van der Waals surface area contributed by atoms with Crippen molar-refractivity contribution in [3.63, 3.8) is 0 Å². The molecule has 11 heavy (non-hydrogen) atoms. The molecule has 1 aliphatic heterocycles. The van der Waals surface area contributed by atoms with Crippen molar-refractivity contribution >= 4 is 22.6 Å². The van der Waals surface area contributed by atoms with Crippen LogP contribution >= 0.6 is 22.6 Å². The largest absolute Gasteiger partial charge is 0.387 e. The van der Waals surface area contributed by atoms with Gasteiger partial charge in [-0.1, -0.05) is 22.6 Å². The highest BCUT2D eigenvalue weighted by Gasteiger charge is 2.50. The first-order valence-electron chi connectivity index (χ1n) is 3.33. The second kappa shape index (κ2) is 3.14. The van der Waals surface area contributed by atoms with Crippen LogP contribution in [0.3, 0.4) is 0 Å². The maximum atomic E-state index is 9.47. The molecule has 0 spiro atoms. The lowest BCUT2D eigenvalue weighted by Gasteiger charge is -2.22. The first-order valence-corrected chi connectivity index (χ1v) is 4.86. The van der Waals surface area contributed by atoms with Gasteiger partial charge in [0.15, 0.2) is 0 Å². The first kappa shape index (κ1) is 9.66. The number of hydrogen-bond donors (Lipinski definition) is 3. The minimum absolute atomic E-state index is 0.243. The Balaban J connectivity index is 2.73. The third kappa shape index (κ3) is 1.52. The van der Waals surface area contributed by atoms with Crippen molar-refractivity contribution in [1.82, 2.24) is 0 Å². The molecule has 0 unspecified atom stereocenters. The standard InChI is InChI=1S/C6H11IO4/c1-3-4(8)5(9)6(10,2-7)11-3/h3-5,8-10H,2H2,1H3/t3-,4-,5-,6+/m0/s1. The zero-order valence-corrected chi connectivity index (χ0v) is 8.22. The molecule has 0 aromatic carbocycles. The molecule has 0 amide bonds. The summed E-state index contributed by atoms with van der Waals surface area (Å²) < 4.78 is 5.21. The lowest BCUT2D eigenvalue weighted by Crippen LogP contribution is -2.44. The second-order valence-electron chi connectivity index (χ2n) is 2.74. The molecule has 1 fully saturated rings. The molecular weight excluding hydrogens is 263 g/mol. The molecule has 5 heteroatoms. The number of halogens is 1. The zero-order valence-electron chi connectivity index (χ0n) is 6.07. The molecule has 0 radical (unpaired) electrons. The molecule has 1 aliphatic rings. The zero-order chi connectivity index (χ0) is 8.65. The molecule has 1 saturated heterocycles. The number of hydrogen-bond acceptors (Lipinski definition) is 4. The van der Waals surface area contributed by atoms with E-state index in [0.29, 0.717) is 0 Å². The molecule has 0 saturated carbocycles. The van der Waals surface area contributed by atoms with Crippen LogP contribution in [0.25, 0.3) is 0 Å². The van der Waals surface area contributed by atoms with Crippen molar-refractivity contribution in [1.29, 1.82) is 0 Å². The predicted octanol–water partition coefficient (Wildman–Crippen LogP) is -0.750. The minimum Gasteiger partial charge on any atom is -0.387 e. The van der Waals surface area contributed by atoms with Gasteiger partial charge >= 0.3 is 0 Å². The van der Waals surface area contributed by atoms with E-state index < -0.39 is 24.1 Å². The van der Waals surface area contributed by atoms with E-state index in [1.54, 1.807) is 6.92 Å². The SMILES string of the molecule is C[C@@H]1O[C@](O)(CI)[C@@H](O)[C@H]1O. The topological polar surface area (TPSA) is 69.9 Å². The van der Waals surface area contributed by atoms with Gasteiger partial charge in [-0.2, -0.15) is 0 Å². The number of ether oxygens (including phenoxy) is 1. The summed E-state index contributed by atoms with van der Waals surface area (Å²) >= 11 is 1.90. The summed E-state index contributed by atoms with van der Waals surface area (Å²) in [7, 11) is 0. The van der Waals surface area contributed by atoms with E-state index in [-0.39, 0.29) is 4.43 Å². The number of alkyl halides is 1. The van der Waals surface area contributed by atoms with Gasteiger partial charge in [-0.15, -0.1) is 0 Å². The molecule has 0 aromatic rings. The van der Waals surface area contributed by atoms with Gasteiger partial charge in [-0.05, 0) is 6.92 Å². The fourth-order valence-electron chi connectivity index (χ4n) is 1.10. The van der Waals surface area contributed by atoms with Crippen LogP contribution in [0.5, 0.6) is 0 Å². The molecule has 4 atom stereocenters. The van der Waals surface area contributed by atoms with Crippen LogP contribution in [0.15, 0.2) is 0 Å². The van der Waals surface area contributed by atoms with Crippen LogP contribution in [0.2, 0.25) is 0 Å². The summed E-state index contributed by atoms with van der Waals surface area (Å²) in [5, 5.41) is 27.9. The van der Waals surface area contributed by atoms with Gasteiger partial charge in [0.1, 0.15) is 12.2 Å². The third-order valence-electron chi connectivity index (χ3n) is 1.85. The summed E-state index contributed by atoms with van der Waals surface area (Å²) in [6.45, 7) is 1.61. The maximum Gasteiger partial charge on any atom is 0.204 e. The van der Waals surface area contributed by atoms with Crippen LogP contribution in [0.1, 0.15) is 6.92 Å². The maximum absolute atomic E-state index is 9.47. The van der Waals surface area contributed by atoms with Gasteiger partial charge in [0.2, 0.25) is 5.79 Å². The average Bonchev–Trinajstić information content (AvgIpc) is 2.17. The van der Waals surface area contributed by atoms with Crippen molar-refractivity contribution in [3.05, 3.63) is 0 Å². The second-order valence-corrected chi connectivity index (χ2v) is 3.50. The van der Waals surface area contributed by atoms with E-state index in [1.807, 2.05) is 22.6 Å². The Hall–Kier alpha value is 0.570. The number of aliphatic hydroxyl groups excluding tert-OH is 2. The van der Waals surface area contributed by atoms with E-state index in [9.17, 15) is 15.3 Å². The Bertz CT molecular complexity index is 154. The van der Waals surface area contributed by atoms with E-state index in [0.717, 1.165) is 0 Å². The highest BCUT2D eigenvalue weighted by molar-refractivity contribution is 14.1. The Morgan fingerprint density at radius 1 is 1.55 bits per heavy atom. The number of aliphatic hydroxyl groups is 3. The quantitative estimate of drug-likeness (QED) is 0.435. The van der Waals surface area contributed by atoms with Gasteiger partial charge in [0, 0.05) is 0 Å². The fraction of sp³-hybridized carbons (Fsp3) is 1.00. The summed E-state index contributed by atoms with van der Waals surface area (Å²) in [6.07, 6.45) is -2.70.